The van der Waals surface area contributed by atoms with E-state index >= 15 is 0 Å². The van der Waals surface area contributed by atoms with Gasteiger partial charge in [-0.3, -0.25) is 9.69 Å². The fourth-order valence-corrected chi connectivity index (χ4v) is 4.36. The van der Waals surface area contributed by atoms with Gasteiger partial charge in [-0.15, -0.1) is 0 Å². The van der Waals surface area contributed by atoms with E-state index in [-0.39, 0.29) is 5.91 Å². The molecule has 0 unspecified atom stereocenters. The molecule has 38 heavy (non-hydrogen) atoms. The number of hydrogen-bond donors (Lipinski definition) is 2. The van der Waals surface area contributed by atoms with Gasteiger partial charge in [0.15, 0.2) is 5.82 Å². The Hall–Kier alpha value is -3.76. The van der Waals surface area contributed by atoms with Crippen molar-refractivity contribution in [3.63, 3.8) is 0 Å². The molecule has 0 saturated heterocycles. The van der Waals surface area contributed by atoms with E-state index < -0.39 is 0 Å². The summed E-state index contributed by atoms with van der Waals surface area (Å²) in [6, 6.07) is 9.54. The molecule has 1 aliphatic rings. The number of methoxy groups -OCH3 is 3. The number of benzene rings is 2. The number of carbonyl (C=O) groups is 1. The molecule has 2 N–H and O–H groups in total. The van der Waals surface area contributed by atoms with Gasteiger partial charge in [-0.1, -0.05) is 11.6 Å². The van der Waals surface area contributed by atoms with Gasteiger partial charge in [0.25, 0.3) is 0 Å². The van der Waals surface area contributed by atoms with E-state index in [9.17, 15) is 4.79 Å². The molecule has 1 amide bonds. The first-order valence-corrected chi connectivity index (χ1v) is 12.6. The third-order valence-electron chi connectivity index (χ3n) is 6.43. The van der Waals surface area contributed by atoms with E-state index in [1.807, 2.05) is 18.2 Å². The number of halogens is 1. The molecule has 0 fully saturated rings. The first-order chi connectivity index (χ1) is 18.3. The molecule has 202 valence electrons. The largest absolute Gasteiger partial charge is 0.497 e. The molecular weight excluding hydrogens is 508 g/mol. The van der Waals surface area contributed by atoms with Crippen molar-refractivity contribution in [1.29, 1.82) is 0 Å². The van der Waals surface area contributed by atoms with Crippen LogP contribution in [0, 0.1) is 0 Å². The monoisotopic (exact) mass is 540 g/mol. The fraction of sp³-hybridized carbons (Fsp3) is 0.370. The van der Waals surface area contributed by atoms with Crippen LogP contribution in [-0.2, 0) is 17.6 Å². The summed E-state index contributed by atoms with van der Waals surface area (Å²) in [5.74, 6) is 2.82. The van der Waals surface area contributed by atoms with Gasteiger partial charge in [-0.05, 0) is 48.2 Å². The summed E-state index contributed by atoms with van der Waals surface area (Å²) in [5, 5.41) is 6.85. The van der Waals surface area contributed by atoms with Crippen molar-refractivity contribution < 1.29 is 19.0 Å². The molecular formula is C27H33ClN6O4. The lowest BCUT2D eigenvalue weighted by Gasteiger charge is -2.21. The van der Waals surface area contributed by atoms with Gasteiger partial charge in [0.05, 0.1) is 45.4 Å². The van der Waals surface area contributed by atoms with Crippen molar-refractivity contribution in [2.45, 2.75) is 12.8 Å². The van der Waals surface area contributed by atoms with Crippen LogP contribution >= 0.6 is 11.6 Å². The summed E-state index contributed by atoms with van der Waals surface area (Å²) < 4.78 is 16.4. The Bertz CT molecular complexity index is 1300. The van der Waals surface area contributed by atoms with Gasteiger partial charge in [-0.2, -0.15) is 4.98 Å². The van der Waals surface area contributed by atoms with Gasteiger partial charge < -0.3 is 29.7 Å². The molecule has 11 heteroatoms. The third kappa shape index (κ3) is 6.38. The average molecular weight is 541 g/mol. The number of rotatable bonds is 9. The van der Waals surface area contributed by atoms with E-state index in [1.54, 1.807) is 46.4 Å². The highest BCUT2D eigenvalue weighted by atomic mass is 35.5. The van der Waals surface area contributed by atoms with Gasteiger partial charge in [0.1, 0.15) is 22.3 Å². The molecule has 4 rings (SSSR count). The Morgan fingerprint density at radius 2 is 1.66 bits per heavy atom. The molecule has 0 atom stereocenters. The second kappa shape index (κ2) is 12.2. The first kappa shape index (κ1) is 27.3. The van der Waals surface area contributed by atoms with Crippen molar-refractivity contribution in [2.24, 2.45) is 0 Å². The maximum atomic E-state index is 12.2. The molecule has 0 spiro atoms. The minimum Gasteiger partial charge on any atom is -0.497 e. The number of nitrogens with zero attached hydrogens (tertiary/aromatic N) is 4. The minimum absolute atomic E-state index is 0.104. The Labute approximate surface area is 227 Å². The highest BCUT2D eigenvalue weighted by Crippen LogP contribution is 2.35. The van der Waals surface area contributed by atoms with E-state index in [0.717, 1.165) is 31.6 Å². The Kier molecular flexibility index (Phi) is 8.75. The van der Waals surface area contributed by atoms with Crippen LogP contribution in [0.2, 0.25) is 5.02 Å². The number of nitrogens with one attached hydrogen (secondary N) is 2. The summed E-state index contributed by atoms with van der Waals surface area (Å²) in [7, 11) is 8.38. The number of likely N-dealkylation sites (N-methyl/N-ethyl adjacent to an activating group) is 1. The molecule has 0 radical (unpaired) electrons. The molecule has 10 nitrogen and oxygen atoms in total. The number of amides is 1. The lowest BCUT2D eigenvalue weighted by Crippen LogP contribution is -2.37. The summed E-state index contributed by atoms with van der Waals surface area (Å²) in [5.41, 5.74) is 3.83. The van der Waals surface area contributed by atoms with Crippen LogP contribution in [0.3, 0.4) is 0 Å². The molecule has 0 bridgehead atoms. The maximum absolute atomic E-state index is 12.2. The van der Waals surface area contributed by atoms with Crippen LogP contribution in [0.15, 0.2) is 36.5 Å². The molecule has 3 aromatic rings. The Balaban J connectivity index is 1.55. The van der Waals surface area contributed by atoms with E-state index in [2.05, 4.69) is 31.6 Å². The summed E-state index contributed by atoms with van der Waals surface area (Å²) in [4.78, 5) is 25.0. The predicted octanol–water partition coefficient (Wildman–Crippen LogP) is 4.13. The lowest BCUT2D eigenvalue weighted by atomic mass is 10.0. The number of aromatic nitrogens is 2. The zero-order valence-corrected chi connectivity index (χ0v) is 23.1. The van der Waals surface area contributed by atoms with Crippen molar-refractivity contribution in [1.82, 2.24) is 19.8 Å². The van der Waals surface area contributed by atoms with Crippen LogP contribution in [-0.4, -0.2) is 80.7 Å². The molecule has 1 aliphatic heterocycles. The van der Waals surface area contributed by atoms with Crippen molar-refractivity contribution in [3.8, 4) is 17.2 Å². The van der Waals surface area contributed by atoms with Gasteiger partial charge in [0, 0.05) is 33.3 Å². The molecule has 1 aromatic heterocycles. The topological polar surface area (TPSA) is 101 Å². The highest BCUT2D eigenvalue weighted by molar-refractivity contribution is 6.33. The van der Waals surface area contributed by atoms with Crippen LogP contribution in [0.5, 0.6) is 17.2 Å². The second-order valence-electron chi connectivity index (χ2n) is 9.09. The molecule has 0 aliphatic carbocycles. The van der Waals surface area contributed by atoms with Gasteiger partial charge >= 0.3 is 0 Å². The van der Waals surface area contributed by atoms with Crippen molar-refractivity contribution in [3.05, 3.63) is 52.7 Å². The summed E-state index contributed by atoms with van der Waals surface area (Å²) >= 11 is 6.41. The first-order valence-electron chi connectivity index (χ1n) is 12.2. The van der Waals surface area contributed by atoms with Crippen molar-refractivity contribution >= 4 is 40.6 Å². The number of carbonyl (C=O) groups excluding carboxylic acids is 1. The Morgan fingerprint density at radius 1 is 0.974 bits per heavy atom. The van der Waals surface area contributed by atoms with Gasteiger partial charge in [-0.25, -0.2) is 4.98 Å². The minimum atomic E-state index is 0.104. The fourth-order valence-electron chi connectivity index (χ4n) is 4.22. The highest BCUT2D eigenvalue weighted by Gasteiger charge is 2.20. The van der Waals surface area contributed by atoms with E-state index in [4.69, 9.17) is 25.8 Å². The quantitative estimate of drug-likeness (QED) is 0.415. The summed E-state index contributed by atoms with van der Waals surface area (Å²) in [6.45, 7) is 2.02. The number of hydrogen-bond acceptors (Lipinski definition) is 9. The molecule has 2 heterocycles. The molecule has 0 saturated carbocycles. The molecule has 2 aromatic carbocycles. The van der Waals surface area contributed by atoms with Crippen LogP contribution < -0.4 is 24.8 Å². The zero-order valence-electron chi connectivity index (χ0n) is 22.3. The zero-order chi connectivity index (χ0) is 27.2. The normalized spacial score (nSPS) is 13.2. The smallest absolute Gasteiger partial charge is 0.236 e. The average Bonchev–Trinajstić information content (AvgIpc) is 3.11. The maximum Gasteiger partial charge on any atom is 0.236 e. The number of fused-ring (bicyclic) bond motifs is 1. The van der Waals surface area contributed by atoms with E-state index in [0.29, 0.717) is 46.3 Å². The predicted molar refractivity (Wildman–Crippen MR) is 149 cm³/mol. The second-order valence-corrected chi connectivity index (χ2v) is 9.50. The summed E-state index contributed by atoms with van der Waals surface area (Å²) in [6.07, 6.45) is 3.19. The van der Waals surface area contributed by atoms with Crippen LogP contribution in [0.1, 0.15) is 11.1 Å². The Morgan fingerprint density at radius 3 is 2.32 bits per heavy atom. The van der Waals surface area contributed by atoms with E-state index in [1.165, 1.54) is 17.3 Å². The lowest BCUT2D eigenvalue weighted by molar-refractivity contribution is -0.129. The van der Waals surface area contributed by atoms with Crippen molar-refractivity contribution in [2.75, 3.05) is 65.7 Å². The van der Waals surface area contributed by atoms with Crippen LogP contribution in [0.4, 0.5) is 23.1 Å². The third-order valence-corrected chi connectivity index (χ3v) is 6.70. The number of anilines is 4. The number of ether oxygens (including phenoxy) is 3. The SMILES string of the molecule is COc1ccc(Nc2nc(Nc3cc4c(cc3OC)CCN(CC(=O)N(C)C)CC4)ncc2Cl)c(OC)c1. The van der Waals surface area contributed by atoms with Crippen LogP contribution in [0.25, 0.3) is 0 Å². The van der Waals surface area contributed by atoms with Gasteiger partial charge in [0.2, 0.25) is 11.9 Å². The standard InChI is InChI=1S/C27H33ClN6O4/c1-33(2)25(35)16-34-10-8-17-12-22(23(37-4)13-18(17)9-11-34)31-27-29-15-20(28)26(32-27)30-21-7-6-19(36-3)14-24(21)38-5/h6-7,12-15H,8-11,16H2,1-5H3,(H2,29,30,31,32).